The highest BCUT2D eigenvalue weighted by atomic mass is 19.3. The molecule has 106 valence electrons. The third-order valence-corrected chi connectivity index (χ3v) is 2.58. The van der Waals surface area contributed by atoms with Gasteiger partial charge in [-0.1, -0.05) is 5.16 Å². The maximum absolute atomic E-state index is 12.8. The van der Waals surface area contributed by atoms with Crippen molar-refractivity contribution in [2.24, 2.45) is 0 Å². The third-order valence-electron chi connectivity index (χ3n) is 2.58. The van der Waals surface area contributed by atoms with Crippen molar-refractivity contribution < 1.29 is 33.0 Å². The number of aromatic carboxylic acids is 1. The molecule has 0 bridgehead atoms. The SMILES string of the molecule is COc1cc(-c2cc(C(=O)O)no2)c(O)c(C(F)F)c1. The highest BCUT2D eigenvalue weighted by Crippen LogP contribution is 2.40. The molecule has 0 aliphatic rings. The molecular formula is C12H9F2NO5. The molecule has 0 aliphatic carbocycles. The molecule has 0 spiro atoms. The second kappa shape index (κ2) is 5.16. The first-order valence-electron chi connectivity index (χ1n) is 5.33. The van der Waals surface area contributed by atoms with E-state index in [1.807, 2.05) is 0 Å². The molecule has 0 atom stereocenters. The second-order valence-electron chi connectivity index (χ2n) is 3.80. The van der Waals surface area contributed by atoms with Gasteiger partial charge in [-0.25, -0.2) is 13.6 Å². The van der Waals surface area contributed by atoms with E-state index in [1.54, 1.807) is 0 Å². The van der Waals surface area contributed by atoms with Gasteiger partial charge >= 0.3 is 5.97 Å². The van der Waals surface area contributed by atoms with E-state index in [0.29, 0.717) is 0 Å². The van der Waals surface area contributed by atoms with Crippen molar-refractivity contribution in [2.75, 3.05) is 7.11 Å². The Bertz CT molecular complexity index is 653. The molecular weight excluding hydrogens is 276 g/mol. The molecule has 0 aliphatic heterocycles. The molecule has 2 N–H and O–H groups in total. The fourth-order valence-corrected chi connectivity index (χ4v) is 1.60. The molecule has 2 aromatic rings. The van der Waals surface area contributed by atoms with Crippen LogP contribution in [0.25, 0.3) is 11.3 Å². The van der Waals surface area contributed by atoms with Crippen molar-refractivity contribution in [3.05, 3.63) is 29.5 Å². The van der Waals surface area contributed by atoms with E-state index in [2.05, 4.69) is 5.16 Å². The lowest BCUT2D eigenvalue weighted by Gasteiger charge is -2.10. The predicted octanol–water partition coefficient (Wildman–Crippen LogP) is 2.69. The van der Waals surface area contributed by atoms with Gasteiger partial charge in [0.2, 0.25) is 0 Å². The summed E-state index contributed by atoms with van der Waals surface area (Å²) >= 11 is 0. The molecule has 2 rings (SSSR count). The summed E-state index contributed by atoms with van der Waals surface area (Å²) in [4.78, 5) is 10.7. The van der Waals surface area contributed by atoms with Crippen LogP contribution < -0.4 is 4.74 Å². The van der Waals surface area contributed by atoms with Gasteiger partial charge in [0, 0.05) is 6.07 Å². The molecule has 1 aromatic carbocycles. The van der Waals surface area contributed by atoms with Crippen LogP contribution in [0.4, 0.5) is 8.78 Å². The molecule has 0 fully saturated rings. The van der Waals surface area contributed by atoms with E-state index in [4.69, 9.17) is 14.4 Å². The van der Waals surface area contributed by atoms with E-state index >= 15 is 0 Å². The Morgan fingerprint density at radius 2 is 2.10 bits per heavy atom. The van der Waals surface area contributed by atoms with E-state index < -0.39 is 29.4 Å². The zero-order valence-electron chi connectivity index (χ0n) is 10.1. The number of rotatable bonds is 4. The van der Waals surface area contributed by atoms with E-state index in [9.17, 15) is 18.7 Å². The number of carboxylic acid groups (broad SMARTS) is 1. The minimum Gasteiger partial charge on any atom is -0.507 e. The van der Waals surface area contributed by atoms with Gasteiger partial charge in [-0.05, 0) is 12.1 Å². The summed E-state index contributed by atoms with van der Waals surface area (Å²) in [5, 5.41) is 21.8. The number of carbonyl (C=O) groups is 1. The number of halogens is 2. The van der Waals surface area contributed by atoms with Crippen LogP contribution in [-0.4, -0.2) is 28.4 Å². The topological polar surface area (TPSA) is 92.8 Å². The van der Waals surface area contributed by atoms with Gasteiger partial charge in [0.05, 0.1) is 18.2 Å². The molecule has 6 nitrogen and oxygen atoms in total. The number of phenols is 1. The standard InChI is InChI=1S/C12H9F2NO5/c1-19-5-2-6(10(16)7(3-5)11(13)14)9-4-8(12(17)18)15-20-9/h2-4,11,16H,1H3,(H,17,18). The molecule has 1 heterocycles. The minimum atomic E-state index is -2.93. The van der Waals surface area contributed by atoms with Crippen molar-refractivity contribution in [3.8, 4) is 22.8 Å². The van der Waals surface area contributed by atoms with Crippen molar-refractivity contribution in [1.29, 1.82) is 0 Å². The van der Waals surface area contributed by atoms with Crippen LogP contribution in [0, 0.1) is 0 Å². The Hall–Kier alpha value is -2.64. The van der Waals surface area contributed by atoms with Crippen molar-refractivity contribution in [2.45, 2.75) is 6.43 Å². The van der Waals surface area contributed by atoms with Crippen molar-refractivity contribution in [3.63, 3.8) is 0 Å². The second-order valence-corrected chi connectivity index (χ2v) is 3.80. The number of phenolic OH excluding ortho intramolecular Hbond substituents is 1. The quantitative estimate of drug-likeness (QED) is 0.897. The summed E-state index contributed by atoms with van der Waals surface area (Å²) < 4.78 is 35.2. The van der Waals surface area contributed by atoms with Gasteiger partial charge in [0.25, 0.3) is 6.43 Å². The summed E-state index contributed by atoms with van der Waals surface area (Å²) in [5.74, 6) is -2.13. The Kier molecular flexibility index (Phi) is 3.55. The average Bonchev–Trinajstić information content (AvgIpc) is 2.88. The van der Waals surface area contributed by atoms with Gasteiger partial charge in [0.1, 0.15) is 11.5 Å². The number of aromatic nitrogens is 1. The average molecular weight is 285 g/mol. The summed E-state index contributed by atoms with van der Waals surface area (Å²) in [6.07, 6.45) is -2.93. The molecule has 1 aromatic heterocycles. The van der Waals surface area contributed by atoms with Gasteiger partial charge in [-0.3, -0.25) is 0 Å². The number of benzene rings is 1. The zero-order valence-corrected chi connectivity index (χ0v) is 10.1. The Balaban J connectivity index is 2.59. The van der Waals surface area contributed by atoms with Crippen LogP contribution >= 0.6 is 0 Å². The number of hydrogen-bond donors (Lipinski definition) is 2. The van der Waals surface area contributed by atoms with Gasteiger partial charge in [0.15, 0.2) is 11.5 Å². The summed E-state index contributed by atoms with van der Waals surface area (Å²) in [6, 6.07) is 3.25. The molecule has 20 heavy (non-hydrogen) atoms. The normalized spacial score (nSPS) is 10.8. The smallest absolute Gasteiger partial charge is 0.358 e. The van der Waals surface area contributed by atoms with E-state index in [0.717, 1.165) is 12.1 Å². The third kappa shape index (κ3) is 2.40. The van der Waals surface area contributed by atoms with Gasteiger partial charge < -0.3 is 19.5 Å². The Morgan fingerprint density at radius 1 is 1.40 bits per heavy atom. The number of aromatic hydroxyl groups is 1. The fraction of sp³-hybridized carbons (Fsp3) is 0.167. The predicted molar refractivity (Wildman–Crippen MR) is 62.1 cm³/mol. The number of carboxylic acids is 1. The van der Waals surface area contributed by atoms with Gasteiger partial charge in [-0.2, -0.15) is 0 Å². The van der Waals surface area contributed by atoms with Gasteiger partial charge in [-0.15, -0.1) is 0 Å². The fourth-order valence-electron chi connectivity index (χ4n) is 1.60. The van der Waals surface area contributed by atoms with Crippen molar-refractivity contribution in [1.82, 2.24) is 5.16 Å². The van der Waals surface area contributed by atoms with Crippen molar-refractivity contribution >= 4 is 5.97 Å². The maximum atomic E-state index is 12.8. The summed E-state index contributed by atoms with van der Waals surface area (Å²) in [6.45, 7) is 0. The molecule has 0 radical (unpaired) electrons. The molecule has 0 saturated carbocycles. The van der Waals surface area contributed by atoms with Crippen LogP contribution in [0.3, 0.4) is 0 Å². The largest absolute Gasteiger partial charge is 0.507 e. The number of alkyl halides is 2. The molecule has 0 amide bonds. The van der Waals surface area contributed by atoms with E-state index in [1.165, 1.54) is 13.2 Å². The van der Waals surface area contributed by atoms with Crippen LogP contribution in [0.2, 0.25) is 0 Å². The van der Waals surface area contributed by atoms with E-state index in [-0.39, 0.29) is 17.1 Å². The number of nitrogens with zero attached hydrogens (tertiary/aromatic N) is 1. The highest BCUT2D eigenvalue weighted by molar-refractivity contribution is 5.87. The Labute approximate surface area is 111 Å². The van der Waals surface area contributed by atoms with Crippen LogP contribution in [0.1, 0.15) is 22.5 Å². The first-order chi connectivity index (χ1) is 9.43. The number of hydrogen-bond acceptors (Lipinski definition) is 5. The minimum absolute atomic E-state index is 0.0707. The highest BCUT2D eigenvalue weighted by Gasteiger charge is 2.22. The van der Waals surface area contributed by atoms with Crippen LogP contribution in [0.15, 0.2) is 22.7 Å². The zero-order chi connectivity index (χ0) is 14.9. The lowest BCUT2D eigenvalue weighted by Crippen LogP contribution is -1.94. The summed E-state index contributed by atoms with van der Waals surface area (Å²) in [7, 11) is 1.27. The maximum Gasteiger partial charge on any atom is 0.358 e. The Morgan fingerprint density at radius 3 is 2.60 bits per heavy atom. The first kappa shape index (κ1) is 13.8. The van der Waals surface area contributed by atoms with Crippen LogP contribution in [-0.2, 0) is 0 Å². The summed E-state index contributed by atoms with van der Waals surface area (Å²) in [5.41, 5.74) is -1.17. The lowest BCUT2D eigenvalue weighted by molar-refractivity contribution is 0.0685. The monoisotopic (exact) mass is 285 g/mol. The first-order valence-corrected chi connectivity index (χ1v) is 5.33. The molecule has 0 saturated heterocycles. The molecule has 8 heteroatoms. The lowest BCUT2D eigenvalue weighted by atomic mass is 10.1. The molecule has 0 unspecified atom stereocenters. The number of ether oxygens (including phenoxy) is 1. The van der Waals surface area contributed by atoms with Crippen LogP contribution in [0.5, 0.6) is 11.5 Å². The number of methoxy groups -OCH3 is 1.